The normalized spacial score (nSPS) is 13.6. The molecule has 0 spiro atoms. The number of carbonyl (C=O) groups excluding carboxylic acids is 1. The highest BCUT2D eigenvalue weighted by atomic mass is 16.6. The predicted octanol–water partition coefficient (Wildman–Crippen LogP) is 3.63. The van der Waals surface area contributed by atoms with Gasteiger partial charge < -0.3 is 4.90 Å². The van der Waals surface area contributed by atoms with Crippen molar-refractivity contribution in [2.45, 2.75) is 52.6 Å². The highest BCUT2D eigenvalue weighted by Gasteiger charge is 2.25. The van der Waals surface area contributed by atoms with Gasteiger partial charge in [0.25, 0.3) is 11.6 Å². The summed E-state index contributed by atoms with van der Waals surface area (Å²) in [7, 11) is 0. The summed E-state index contributed by atoms with van der Waals surface area (Å²) in [4.78, 5) is 24.8. The Morgan fingerprint density at radius 1 is 1.25 bits per heavy atom. The molecule has 2 atom stereocenters. The Balaban J connectivity index is 3.12. The van der Waals surface area contributed by atoms with E-state index in [9.17, 15) is 14.9 Å². The van der Waals surface area contributed by atoms with Gasteiger partial charge in [0.15, 0.2) is 0 Å². The summed E-state index contributed by atoms with van der Waals surface area (Å²) in [6.07, 6.45) is 1.70. The highest BCUT2D eigenvalue weighted by molar-refractivity contribution is 5.95. The van der Waals surface area contributed by atoms with E-state index in [1.165, 1.54) is 12.1 Å². The standard InChI is InChI=1S/C15H22N2O3/c1-5-11(3)16(12(4)6-2)15(18)13-8-7-9-14(10-13)17(19)20/h7-12H,5-6H2,1-4H3/t11-,12-/m1/s1. The van der Waals surface area contributed by atoms with E-state index in [1.54, 1.807) is 12.1 Å². The lowest BCUT2D eigenvalue weighted by molar-refractivity contribution is -0.384. The van der Waals surface area contributed by atoms with Crippen molar-refractivity contribution in [1.29, 1.82) is 0 Å². The van der Waals surface area contributed by atoms with Crippen LogP contribution in [0.2, 0.25) is 0 Å². The Hall–Kier alpha value is -1.91. The fourth-order valence-corrected chi connectivity index (χ4v) is 2.13. The van der Waals surface area contributed by atoms with Gasteiger partial charge in [-0.15, -0.1) is 0 Å². The summed E-state index contributed by atoms with van der Waals surface area (Å²) in [6.45, 7) is 8.06. The molecule has 1 aromatic rings. The largest absolute Gasteiger partial charge is 0.333 e. The number of hydrogen-bond donors (Lipinski definition) is 0. The van der Waals surface area contributed by atoms with Crippen LogP contribution in [-0.4, -0.2) is 27.8 Å². The minimum absolute atomic E-state index is 0.0518. The quantitative estimate of drug-likeness (QED) is 0.589. The molecule has 1 aromatic carbocycles. The van der Waals surface area contributed by atoms with Crippen LogP contribution in [0.1, 0.15) is 50.9 Å². The number of amides is 1. The molecule has 0 aliphatic rings. The summed E-state index contributed by atoms with van der Waals surface area (Å²) < 4.78 is 0. The smallest absolute Gasteiger partial charge is 0.270 e. The van der Waals surface area contributed by atoms with E-state index in [1.807, 2.05) is 32.6 Å². The molecule has 110 valence electrons. The first-order chi connectivity index (χ1) is 9.42. The second-order valence-electron chi connectivity index (χ2n) is 5.03. The first-order valence-electron chi connectivity index (χ1n) is 6.99. The van der Waals surface area contributed by atoms with Crippen molar-refractivity contribution in [1.82, 2.24) is 4.90 Å². The van der Waals surface area contributed by atoms with Crippen molar-refractivity contribution >= 4 is 11.6 Å². The number of nitrogens with zero attached hydrogens (tertiary/aromatic N) is 2. The first kappa shape index (κ1) is 16.1. The molecule has 5 nitrogen and oxygen atoms in total. The van der Waals surface area contributed by atoms with Crippen molar-refractivity contribution < 1.29 is 9.72 Å². The lowest BCUT2D eigenvalue weighted by atomic mass is 10.1. The number of benzene rings is 1. The molecular formula is C15H22N2O3. The molecule has 20 heavy (non-hydrogen) atoms. The average Bonchev–Trinajstić information content (AvgIpc) is 2.46. The van der Waals surface area contributed by atoms with Gasteiger partial charge in [-0.25, -0.2) is 0 Å². The van der Waals surface area contributed by atoms with Gasteiger partial charge in [-0.1, -0.05) is 19.9 Å². The van der Waals surface area contributed by atoms with Crippen LogP contribution in [0.15, 0.2) is 24.3 Å². The van der Waals surface area contributed by atoms with Gasteiger partial charge in [-0.2, -0.15) is 0 Å². The van der Waals surface area contributed by atoms with E-state index in [-0.39, 0.29) is 23.7 Å². The van der Waals surface area contributed by atoms with Gasteiger partial charge in [0.05, 0.1) is 4.92 Å². The molecule has 0 unspecified atom stereocenters. The summed E-state index contributed by atoms with van der Waals surface area (Å²) in [5.41, 5.74) is 0.323. The van der Waals surface area contributed by atoms with Gasteiger partial charge >= 0.3 is 0 Å². The number of hydrogen-bond acceptors (Lipinski definition) is 3. The van der Waals surface area contributed by atoms with Gasteiger partial charge in [-0.3, -0.25) is 14.9 Å². The van der Waals surface area contributed by atoms with Crippen LogP contribution >= 0.6 is 0 Å². The third-order valence-electron chi connectivity index (χ3n) is 3.67. The molecule has 0 saturated heterocycles. The number of nitro benzene ring substituents is 1. The molecule has 1 rings (SSSR count). The van der Waals surface area contributed by atoms with Gasteiger partial charge in [-0.05, 0) is 32.8 Å². The lowest BCUT2D eigenvalue weighted by Gasteiger charge is -2.34. The maximum absolute atomic E-state index is 12.6. The second kappa shape index (κ2) is 7.03. The zero-order valence-corrected chi connectivity index (χ0v) is 12.5. The van der Waals surface area contributed by atoms with Crippen molar-refractivity contribution in [3.63, 3.8) is 0 Å². The van der Waals surface area contributed by atoms with E-state index in [0.717, 1.165) is 12.8 Å². The molecule has 0 fully saturated rings. The molecule has 0 heterocycles. The molecule has 0 bridgehead atoms. The fraction of sp³-hybridized carbons (Fsp3) is 0.533. The first-order valence-corrected chi connectivity index (χ1v) is 6.99. The third-order valence-corrected chi connectivity index (χ3v) is 3.67. The summed E-state index contributed by atoms with van der Waals surface area (Å²) in [6, 6.07) is 6.14. The molecule has 1 amide bonds. The van der Waals surface area contributed by atoms with E-state index in [2.05, 4.69) is 0 Å². The van der Waals surface area contributed by atoms with Gasteiger partial charge in [0.2, 0.25) is 0 Å². The van der Waals surface area contributed by atoms with E-state index >= 15 is 0 Å². The zero-order valence-electron chi connectivity index (χ0n) is 12.5. The fourth-order valence-electron chi connectivity index (χ4n) is 2.13. The Labute approximate surface area is 119 Å². The van der Waals surface area contributed by atoms with Crippen molar-refractivity contribution in [2.75, 3.05) is 0 Å². The number of carbonyl (C=O) groups is 1. The number of nitro groups is 1. The van der Waals surface area contributed by atoms with Crippen molar-refractivity contribution in [2.24, 2.45) is 0 Å². The monoisotopic (exact) mass is 278 g/mol. The molecule has 0 aliphatic heterocycles. The van der Waals surface area contributed by atoms with Crippen LogP contribution < -0.4 is 0 Å². The van der Waals surface area contributed by atoms with Crippen LogP contribution in [-0.2, 0) is 0 Å². The lowest BCUT2D eigenvalue weighted by Crippen LogP contribution is -2.44. The van der Waals surface area contributed by atoms with E-state index in [0.29, 0.717) is 5.56 Å². The molecular weight excluding hydrogens is 256 g/mol. The Morgan fingerprint density at radius 3 is 2.25 bits per heavy atom. The van der Waals surface area contributed by atoms with Crippen molar-refractivity contribution in [3.05, 3.63) is 39.9 Å². The highest BCUT2D eigenvalue weighted by Crippen LogP contribution is 2.19. The predicted molar refractivity (Wildman–Crippen MR) is 78.8 cm³/mol. The van der Waals surface area contributed by atoms with E-state index in [4.69, 9.17) is 0 Å². The summed E-state index contributed by atoms with van der Waals surface area (Å²) in [5, 5.41) is 10.8. The van der Waals surface area contributed by atoms with Crippen LogP contribution in [0.25, 0.3) is 0 Å². The Bertz CT molecular complexity index is 478. The molecule has 5 heteroatoms. The van der Waals surface area contributed by atoms with Gasteiger partial charge in [0, 0.05) is 29.8 Å². The Kier molecular flexibility index (Phi) is 5.67. The molecule has 0 aliphatic carbocycles. The van der Waals surface area contributed by atoms with Crippen LogP contribution in [0, 0.1) is 10.1 Å². The van der Waals surface area contributed by atoms with Crippen LogP contribution in [0.5, 0.6) is 0 Å². The van der Waals surface area contributed by atoms with Crippen LogP contribution in [0.3, 0.4) is 0 Å². The number of rotatable bonds is 6. The molecule has 0 N–H and O–H groups in total. The van der Waals surface area contributed by atoms with E-state index < -0.39 is 4.92 Å². The second-order valence-corrected chi connectivity index (χ2v) is 5.03. The zero-order chi connectivity index (χ0) is 15.3. The SMILES string of the molecule is CC[C@@H](C)N(C(=O)c1cccc([N+](=O)[O-])c1)[C@H](C)CC. The van der Waals surface area contributed by atoms with Gasteiger partial charge in [0.1, 0.15) is 0 Å². The third kappa shape index (κ3) is 3.56. The summed E-state index contributed by atoms with van der Waals surface area (Å²) in [5.74, 6) is -0.141. The molecule has 0 saturated carbocycles. The minimum atomic E-state index is -0.479. The minimum Gasteiger partial charge on any atom is -0.333 e. The average molecular weight is 278 g/mol. The van der Waals surface area contributed by atoms with Crippen molar-refractivity contribution in [3.8, 4) is 0 Å². The van der Waals surface area contributed by atoms with Crippen LogP contribution in [0.4, 0.5) is 5.69 Å². The molecule has 0 aromatic heterocycles. The topological polar surface area (TPSA) is 63.5 Å². The molecule has 0 radical (unpaired) electrons. The summed E-state index contributed by atoms with van der Waals surface area (Å²) >= 11 is 0. The maximum atomic E-state index is 12.6. The number of non-ortho nitro benzene ring substituents is 1. The Morgan fingerprint density at radius 2 is 1.80 bits per heavy atom. The maximum Gasteiger partial charge on any atom is 0.270 e.